The Bertz CT molecular complexity index is 1800. The topological polar surface area (TPSA) is 145 Å². The van der Waals surface area contributed by atoms with E-state index in [-0.39, 0.29) is 30.4 Å². The zero-order valence-electron chi connectivity index (χ0n) is 29.1. The number of hydrogen-bond donors (Lipinski definition) is 5. The van der Waals surface area contributed by atoms with Gasteiger partial charge >= 0.3 is 5.97 Å². The van der Waals surface area contributed by atoms with Gasteiger partial charge in [0, 0.05) is 0 Å². The van der Waals surface area contributed by atoms with E-state index in [0.717, 1.165) is 10.4 Å². The fourth-order valence-corrected chi connectivity index (χ4v) is 12.6. The van der Waals surface area contributed by atoms with Crippen molar-refractivity contribution in [2.24, 2.45) is 4.99 Å². The number of rotatable bonds is 8. The van der Waals surface area contributed by atoms with E-state index in [4.69, 9.17) is 49.0 Å². The number of esters is 1. The van der Waals surface area contributed by atoms with E-state index in [1.165, 1.54) is 4.90 Å². The standard InChI is InChI=1S/C37H42Cl3N5O6Si/c1-6-28-30(51-31(46)24-16-10-7-11-17-24)36(48,49)35-29(41-23(2)44-35)27(42-33(45(28)35)43-32(47)37(38,39)40)22-50-52(34(3,4)5,25-18-12-8-13-19-25)26-20-14-9-15-21-26/h7-21,27-30,41,44,48-49H,2,6,22H2,1,3-5H3,(H,42,43,47)/t27-,28+,29-,30?,35?/m0/s1. The smallest absolute Gasteiger partial charge is 0.338 e. The van der Waals surface area contributed by atoms with Crippen molar-refractivity contribution in [3.63, 3.8) is 0 Å². The fraction of sp³-hybridized carbons (Fsp3) is 0.378. The first-order chi connectivity index (χ1) is 24.5. The van der Waals surface area contributed by atoms with E-state index in [1.54, 1.807) is 37.3 Å². The monoisotopic (exact) mass is 785 g/mol. The largest absolute Gasteiger partial charge is 0.451 e. The summed E-state index contributed by atoms with van der Waals surface area (Å²) in [6.07, 6.45) is -1.34. The van der Waals surface area contributed by atoms with E-state index >= 15 is 0 Å². The third-order valence-corrected chi connectivity index (χ3v) is 15.6. The summed E-state index contributed by atoms with van der Waals surface area (Å²) in [6, 6.07) is 25.5. The SMILES string of the molecule is C=C1N[C@H]2[C@H](CO[Si](c3ccccc3)(c3ccccc3)C(C)(C)C)N=C(NC(=O)C(Cl)(Cl)Cl)N3[C@H](CC)C(OC(=O)c4ccccc4)C(O)(O)C23N1. The summed E-state index contributed by atoms with van der Waals surface area (Å²) in [5, 5.41) is 35.4. The lowest BCUT2D eigenvalue weighted by atomic mass is 9.86. The molecule has 3 heterocycles. The van der Waals surface area contributed by atoms with E-state index in [2.05, 4.69) is 67.6 Å². The van der Waals surface area contributed by atoms with Crippen LogP contribution in [0.25, 0.3) is 0 Å². The molecule has 3 aliphatic heterocycles. The van der Waals surface area contributed by atoms with Crippen LogP contribution in [0.3, 0.4) is 0 Å². The van der Waals surface area contributed by atoms with Crippen molar-refractivity contribution in [1.29, 1.82) is 0 Å². The fourth-order valence-electron chi connectivity index (χ4n) is 7.90. The van der Waals surface area contributed by atoms with Crippen molar-refractivity contribution in [2.45, 2.75) is 78.6 Å². The lowest BCUT2D eigenvalue weighted by Gasteiger charge is -2.51. The summed E-state index contributed by atoms with van der Waals surface area (Å²) in [7, 11) is -3.14. The molecular weight excluding hydrogens is 745 g/mol. The lowest BCUT2D eigenvalue weighted by molar-refractivity contribution is -0.258. The Balaban J connectivity index is 1.49. The number of ether oxygens (including phenoxy) is 1. The summed E-state index contributed by atoms with van der Waals surface area (Å²) < 4.78 is 10.8. The minimum absolute atomic E-state index is 0.0516. The molecule has 0 saturated carbocycles. The number of alkyl halides is 3. The first kappa shape index (κ1) is 38.1. The minimum atomic E-state index is -3.14. The molecule has 11 nitrogen and oxygen atoms in total. The van der Waals surface area contributed by atoms with Crippen molar-refractivity contribution in [3.05, 3.63) is 109 Å². The molecule has 0 bridgehead atoms. The van der Waals surface area contributed by atoms with Gasteiger partial charge in [-0.1, -0.05) is 148 Å². The van der Waals surface area contributed by atoms with E-state index in [1.807, 2.05) is 36.4 Å². The number of halogens is 3. The van der Waals surface area contributed by atoms with Crippen LogP contribution in [0.4, 0.5) is 0 Å². The van der Waals surface area contributed by atoms with Gasteiger partial charge in [0.25, 0.3) is 18.0 Å². The summed E-state index contributed by atoms with van der Waals surface area (Å²) >= 11 is 18.1. The van der Waals surface area contributed by atoms with Crippen LogP contribution < -0.4 is 26.3 Å². The van der Waals surface area contributed by atoms with Gasteiger partial charge < -0.3 is 34.9 Å². The average molecular weight is 787 g/mol. The van der Waals surface area contributed by atoms with Gasteiger partial charge in [-0.05, 0) is 34.0 Å². The van der Waals surface area contributed by atoms with Crippen molar-refractivity contribution in [1.82, 2.24) is 20.9 Å². The first-order valence-electron chi connectivity index (χ1n) is 16.9. The maximum absolute atomic E-state index is 13.5. The quantitative estimate of drug-likeness (QED) is 0.100. The molecule has 3 aromatic rings. The summed E-state index contributed by atoms with van der Waals surface area (Å²) in [4.78, 5) is 33.2. The van der Waals surface area contributed by atoms with Crippen molar-refractivity contribution in [2.75, 3.05) is 6.61 Å². The molecule has 2 unspecified atom stereocenters. The second kappa shape index (κ2) is 14.0. The van der Waals surface area contributed by atoms with Gasteiger partial charge in [0.1, 0.15) is 6.04 Å². The second-order valence-electron chi connectivity index (χ2n) is 14.2. The zero-order chi connectivity index (χ0) is 37.7. The van der Waals surface area contributed by atoms with Crippen LogP contribution >= 0.6 is 34.8 Å². The van der Waals surface area contributed by atoms with E-state index < -0.39 is 64.7 Å². The van der Waals surface area contributed by atoms with Gasteiger partial charge in [-0.25, -0.2) is 9.79 Å². The van der Waals surface area contributed by atoms with Gasteiger partial charge in [0.05, 0.1) is 30.1 Å². The van der Waals surface area contributed by atoms with Crippen LogP contribution in [0.2, 0.25) is 5.04 Å². The van der Waals surface area contributed by atoms with Crippen LogP contribution in [0, 0.1) is 0 Å². The minimum Gasteiger partial charge on any atom is -0.451 e. The van der Waals surface area contributed by atoms with Crippen LogP contribution in [0.15, 0.2) is 108 Å². The Morgan fingerprint density at radius 3 is 2.00 bits per heavy atom. The third-order valence-electron chi connectivity index (χ3n) is 10.1. The number of aliphatic imine (C=N–C) groups is 1. The normalized spacial score (nSPS) is 25.3. The molecule has 52 heavy (non-hydrogen) atoms. The van der Waals surface area contributed by atoms with E-state index in [0.29, 0.717) is 0 Å². The van der Waals surface area contributed by atoms with Crippen molar-refractivity contribution in [3.8, 4) is 0 Å². The van der Waals surface area contributed by atoms with Gasteiger partial charge in [-0.3, -0.25) is 10.1 Å². The number of benzene rings is 3. The maximum atomic E-state index is 13.5. The molecule has 3 aliphatic rings. The molecule has 276 valence electrons. The molecule has 0 radical (unpaired) electrons. The maximum Gasteiger partial charge on any atom is 0.338 e. The van der Waals surface area contributed by atoms with Crippen LogP contribution in [0.5, 0.6) is 0 Å². The first-order valence-corrected chi connectivity index (χ1v) is 20.0. The predicted molar refractivity (Wildman–Crippen MR) is 204 cm³/mol. The molecule has 5 N–H and O–H groups in total. The summed E-state index contributed by atoms with van der Waals surface area (Å²) in [5.41, 5.74) is -1.70. The molecule has 2 saturated heterocycles. The number of amides is 1. The van der Waals surface area contributed by atoms with Gasteiger partial charge in [-0.2, -0.15) is 0 Å². The second-order valence-corrected chi connectivity index (χ2v) is 20.8. The Morgan fingerprint density at radius 1 is 0.962 bits per heavy atom. The molecule has 6 rings (SSSR count). The highest BCUT2D eigenvalue weighted by Crippen LogP contribution is 2.50. The van der Waals surface area contributed by atoms with Crippen LogP contribution in [0.1, 0.15) is 44.5 Å². The van der Waals surface area contributed by atoms with Gasteiger partial charge in [-0.15, -0.1) is 0 Å². The van der Waals surface area contributed by atoms with Crippen LogP contribution in [-0.2, 0) is 14.0 Å². The summed E-state index contributed by atoms with van der Waals surface area (Å²) in [6.45, 7) is 12.2. The van der Waals surface area contributed by atoms with Crippen molar-refractivity contribution >= 4 is 71.3 Å². The molecule has 5 atom stereocenters. The number of carbonyl (C=O) groups excluding carboxylic acids is 2. The molecule has 3 aromatic carbocycles. The summed E-state index contributed by atoms with van der Waals surface area (Å²) in [5.74, 6) is -4.50. The van der Waals surface area contributed by atoms with Crippen molar-refractivity contribution < 1.29 is 29.0 Å². The number of nitrogens with zero attached hydrogens (tertiary/aromatic N) is 2. The highest BCUT2D eigenvalue weighted by atomic mass is 35.6. The number of carbonyl (C=O) groups is 2. The Kier molecular flexibility index (Phi) is 10.2. The number of hydrogen-bond acceptors (Lipinski definition) is 10. The molecule has 15 heteroatoms. The molecule has 1 spiro atoms. The predicted octanol–water partition coefficient (Wildman–Crippen LogP) is 3.52. The average Bonchev–Trinajstić information content (AvgIpc) is 3.56. The Labute approximate surface area is 319 Å². The van der Waals surface area contributed by atoms with Crippen LogP contribution in [-0.4, -0.2) is 87.3 Å². The molecule has 1 amide bonds. The molecule has 0 aliphatic carbocycles. The van der Waals surface area contributed by atoms with Gasteiger partial charge in [0.2, 0.25) is 11.7 Å². The highest BCUT2D eigenvalue weighted by Gasteiger charge is 2.77. The lowest BCUT2D eigenvalue weighted by Crippen LogP contribution is -2.78. The zero-order valence-corrected chi connectivity index (χ0v) is 32.4. The highest BCUT2D eigenvalue weighted by molar-refractivity contribution is 6.99. The molecule has 0 aromatic heterocycles. The number of guanidine groups is 1. The molecular formula is C37H42Cl3N5O6Si. The Morgan fingerprint density at radius 2 is 1.50 bits per heavy atom. The Hall–Kier alpha value is -3.62. The number of aliphatic hydroxyl groups is 2. The third kappa shape index (κ3) is 6.27. The number of nitrogens with one attached hydrogen (secondary N) is 3. The van der Waals surface area contributed by atoms with E-state index in [9.17, 15) is 19.8 Å². The van der Waals surface area contributed by atoms with Gasteiger partial charge in [0.15, 0.2) is 11.8 Å². The molecule has 2 fully saturated rings.